The Kier molecular flexibility index (Phi) is 4.49. The maximum absolute atomic E-state index is 11.7. The maximum Gasteiger partial charge on any atom is 0.258 e. The van der Waals surface area contributed by atoms with Crippen molar-refractivity contribution in [1.82, 2.24) is 5.32 Å². The number of benzene rings is 1. The van der Waals surface area contributed by atoms with Gasteiger partial charge in [0.1, 0.15) is 0 Å². The number of ether oxygens (including phenoxy) is 2. The smallest absolute Gasteiger partial charge is 0.258 e. The zero-order valence-corrected chi connectivity index (χ0v) is 12.0. The average Bonchev–Trinajstić information content (AvgIpc) is 2.76. The topological polar surface area (TPSA) is 81.7 Å². The van der Waals surface area contributed by atoms with Crippen molar-refractivity contribution in [1.29, 1.82) is 0 Å². The first-order chi connectivity index (χ1) is 9.50. The molecule has 2 rings (SSSR count). The molecule has 7 heteroatoms. The van der Waals surface area contributed by atoms with Gasteiger partial charge in [-0.05, 0) is 18.6 Å². The molecule has 1 heterocycles. The van der Waals surface area contributed by atoms with Crippen LogP contribution in [0.25, 0.3) is 0 Å². The van der Waals surface area contributed by atoms with E-state index in [2.05, 4.69) is 5.32 Å². The van der Waals surface area contributed by atoms with E-state index in [0.717, 1.165) is 0 Å². The van der Waals surface area contributed by atoms with Crippen LogP contribution in [0.1, 0.15) is 6.42 Å². The third kappa shape index (κ3) is 3.86. The number of hydrogen-bond donors (Lipinski definition) is 1. The summed E-state index contributed by atoms with van der Waals surface area (Å²) in [6.45, 7) is -0.170. The van der Waals surface area contributed by atoms with E-state index in [4.69, 9.17) is 9.47 Å². The number of sulfone groups is 1. The van der Waals surface area contributed by atoms with Gasteiger partial charge in [0.15, 0.2) is 27.9 Å². The summed E-state index contributed by atoms with van der Waals surface area (Å²) in [4.78, 5) is 11.7. The van der Waals surface area contributed by atoms with Gasteiger partial charge in [0.2, 0.25) is 0 Å². The van der Waals surface area contributed by atoms with Crippen LogP contribution in [0.4, 0.5) is 0 Å². The van der Waals surface area contributed by atoms with Crippen molar-refractivity contribution in [2.45, 2.75) is 12.5 Å². The Labute approximate surface area is 118 Å². The van der Waals surface area contributed by atoms with Crippen LogP contribution in [-0.2, 0) is 14.6 Å². The van der Waals surface area contributed by atoms with Gasteiger partial charge in [-0.3, -0.25) is 4.79 Å². The molecule has 1 aromatic carbocycles. The normalized spacial score (nSPS) is 20.4. The Morgan fingerprint density at radius 3 is 2.65 bits per heavy atom. The predicted octanol–water partition coefficient (Wildman–Crippen LogP) is 0.377. The van der Waals surface area contributed by atoms with E-state index < -0.39 is 9.84 Å². The quantitative estimate of drug-likeness (QED) is 0.850. The van der Waals surface area contributed by atoms with Gasteiger partial charge in [-0.25, -0.2) is 8.42 Å². The summed E-state index contributed by atoms with van der Waals surface area (Å²) in [6, 6.07) is 6.70. The fourth-order valence-corrected chi connectivity index (χ4v) is 3.73. The second kappa shape index (κ2) is 6.13. The Morgan fingerprint density at radius 2 is 2.05 bits per heavy atom. The molecule has 0 unspecified atom stereocenters. The Bertz CT molecular complexity index is 584. The van der Waals surface area contributed by atoms with Crippen LogP contribution in [0.15, 0.2) is 24.3 Å². The lowest BCUT2D eigenvalue weighted by Crippen LogP contribution is -2.38. The minimum absolute atomic E-state index is 0.00734. The van der Waals surface area contributed by atoms with Crippen molar-refractivity contribution in [3.8, 4) is 11.5 Å². The number of amides is 1. The van der Waals surface area contributed by atoms with Crippen LogP contribution in [0.5, 0.6) is 11.5 Å². The van der Waals surface area contributed by atoms with E-state index in [1.54, 1.807) is 24.3 Å². The van der Waals surface area contributed by atoms with Crippen molar-refractivity contribution >= 4 is 15.7 Å². The van der Waals surface area contributed by atoms with Crippen LogP contribution >= 0.6 is 0 Å². The van der Waals surface area contributed by atoms with E-state index >= 15 is 0 Å². The molecular formula is C13H17NO5S. The molecule has 1 aliphatic rings. The largest absolute Gasteiger partial charge is 0.493 e. The molecular weight excluding hydrogens is 282 g/mol. The highest BCUT2D eigenvalue weighted by Crippen LogP contribution is 2.25. The molecule has 0 aliphatic carbocycles. The second-order valence-electron chi connectivity index (χ2n) is 4.61. The SMILES string of the molecule is COc1ccccc1OCC(=O)N[C@H]1CCS(=O)(=O)C1. The van der Waals surface area contributed by atoms with E-state index in [9.17, 15) is 13.2 Å². The summed E-state index contributed by atoms with van der Waals surface area (Å²) in [7, 11) is -1.47. The maximum atomic E-state index is 11.7. The highest BCUT2D eigenvalue weighted by molar-refractivity contribution is 7.91. The number of nitrogens with one attached hydrogen (secondary N) is 1. The molecule has 1 aromatic rings. The van der Waals surface area contributed by atoms with Crippen LogP contribution < -0.4 is 14.8 Å². The summed E-state index contributed by atoms with van der Waals surface area (Å²) < 4.78 is 33.0. The number of hydrogen-bond acceptors (Lipinski definition) is 5. The predicted molar refractivity (Wildman–Crippen MR) is 73.7 cm³/mol. The summed E-state index contributed by atoms with van der Waals surface area (Å²) in [5, 5.41) is 2.66. The third-order valence-electron chi connectivity index (χ3n) is 3.03. The summed E-state index contributed by atoms with van der Waals surface area (Å²) in [5.41, 5.74) is 0. The van der Waals surface area contributed by atoms with Gasteiger partial charge in [-0.2, -0.15) is 0 Å². The molecule has 1 amide bonds. The van der Waals surface area contributed by atoms with Gasteiger partial charge in [0.05, 0.1) is 18.6 Å². The van der Waals surface area contributed by atoms with Crippen molar-refractivity contribution in [3.63, 3.8) is 0 Å². The van der Waals surface area contributed by atoms with Crippen molar-refractivity contribution < 1.29 is 22.7 Å². The highest BCUT2D eigenvalue weighted by atomic mass is 32.2. The number of carbonyl (C=O) groups is 1. The Hall–Kier alpha value is -1.76. The molecule has 6 nitrogen and oxygen atoms in total. The van der Waals surface area contributed by atoms with Crippen LogP contribution in [0.3, 0.4) is 0 Å². The number of rotatable bonds is 5. The lowest BCUT2D eigenvalue weighted by atomic mass is 10.2. The fraction of sp³-hybridized carbons (Fsp3) is 0.462. The van der Waals surface area contributed by atoms with Crippen LogP contribution in [0, 0.1) is 0 Å². The van der Waals surface area contributed by atoms with Gasteiger partial charge in [-0.15, -0.1) is 0 Å². The fourth-order valence-electron chi connectivity index (χ4n) is 2.06. The molecule has 0 saturated carbocycles. The number of para-hydroxylation sites is 2. The van der Waals surface area contributed by atoms with Gasteiger partial charge < -0.3 is 14.8 Å². The van der Waals surface area contributed by atoms with Crippen molar-refractivity contribution in [2.24, 2.45) is 0 Å². The van der Waals surface area contributed by atoms with E-state index in [1.165, 1.54) is 7.11 Å². The van der Waals surface area contributed by atoms with Gasteiger partial charge in [0.25, 0.3) is 5.91 Å². The molecule has 1 atom stereocenters. The zero-order valence-electron chi connectivity index (χ0n) is 11.2. The average molecular weight is 299 g/mol. The van der Waals surface area contributed by atoms with Gasteiger partial charge in [0, 0.05) is 6.04 Å². The summed E-state index contributed by atoms with van der Waals surface area (Å²) in [6.07, 6.45) is 0.461. The lowest BCUT2D eigenvalue weighted by molar-refractivity contribution is -0.123. The molecule has 0 radical (unpaired) electrons. The minimum atomic E-state index is -2.99. The van der Waals surface area contributed by atoms with Crippen LogP contribution in [0.2, 0.25) is 0 Å². The van der Waals surface area contributed by atoms with Crippen molar-refractivity contribution in [3.05, 3.63) is 24.3 Å². The molecule has 110 valence electrons. The zero-order chi connectivity index (χ0) is 14.6. The van der Waals surface area contributed by atoms with Crippen molar-refractivity contribution in [2.75, 3.05) is 25.2 Å². The molecule has 1 saturated heterocycles. The van der Waals surface area contributed by atoms with E-state index in [0.29, 0.717) is 17.9 Å². The highest BCUT2D eigenvalue weighted by Gasteiger charge is 2.28. The van der Waals surface area contributed by atoms with Gasteiger partial charge in [-0.1, -0.05) is 12.1 Å². The molecule has 0 aromatic heterocycles. The summed E-state index contributed by atoms with van der Waals surface area (Å²) >= 11 is 0. The minimum Gasteiger partial charge on any atom is -0.493 e. The lowest BCUT2D eigenvalue weighted by Gasteiger charge is -2.13. The molecule has 0 spiro atoms. The van der Waals surface area contributed by atoms with E-state index in [-0.39, 0.29) is 30.1 Å². The third-order valence-corrected chi connectivity index (χ3v) is 4.79. The standard InChI is InChI=1S/C13H17NO5S/c1-18-11-4-2-3-5-12(11)19-8-13(15)14-10-6-7-20(16,17)9-10/h2-5,10H,6-9H2,1H3,(H,14,15)/t10-/m0/s1. The molecule has 1 fully saturated rings. The molecule has 1 N–H and O–H groups in total. The Balaban J connectivity index is 1.84. The van der Waals surface area contributed by atoms with Crippen LogP contribution in [-0.4, -0.2) is 45.6 Å². The van der Waals surface area contributed by atoms with E-state index in [1.807, 2.05) is 0 Å². The first kappa shape index (κ1) is 14.6. The van der Waals surface area contributed by atoms with Gasteiger partial charge >= 0.3 is 0 Å². The number of methoxy groups -OCH3 is 1. The molecule has 20 heavy (non-hydrogen) atoms. The molecule has 0 bridgehead atoms. The second-order valence-corrected chi connectivity index (χ2v) is 6.84. The summed E-state index contributed by atoms with van der Waals surface area (Å²) in [5.74, 6) is 0.824. The number of carbonyl (C=O) groups excluding carboxylic acids is 1. The Morgan fingerprint density at radius 1 is 1.35 bits per heavy atom. The first-order valence-electron chi connectivity index (χ1n) is 6.26. The first-order valence-corrected chi connectivity index (χ1v) is 8.08. The monoisotopic (exact) mass is 299 g/mol. The molecule has 1 aliphatic heterocycles.